The lowest BCUT2D eigenvalue weighted by molar-refractivity contribution is 0.0964. The first-order valence-electron chi connectivity index (χ1n) is 9.02. The van der Waals surface area contributed by atoms with Crippen molar-refractivity contribution in [2.24, 2.45) is 0 Å². The van der Waals surface area contributed by atoms with E-state index in [0.717, 1.165) is 50.5 Å². The summed E-state index contributed by atoms with van der Waals surface area (Å²) in [5.74, 6) is 0.758. The molecule has 1 saturated heterocycles. The number of aromatic nitrogens is 4. The minimum Gasteiger partial charge on any atom is -0.309 e. The predicted molar refractivity (Wildman–Crippen MR) is 97.5 cm³/mol. The average Bonchev–Trinajstić information content (AvgIpc) is 3.12. The van der Waals surface area contributed by atoms with Crippen LogP contribution < -0.4 is 5.56 Å². The zero-order valence-corrected chi connectivity index (χ0v) is 15.4. The number of nitrogens with zero attached hydrogens (tertiary/aromatic N) is 5. The molecule has 2 aromatic heterocycles. The van der Waals surface area contributed by atoms with Gasteiger partial charge in [0.2, 0.25) is 0 Å². The Bertz CT molecular complexity index is 717. The predicted octanol–water partition coefficient (Wildman–Crippen LogP) is 1.43. The van der Waals surface area contributed by atoms with Crippen molar-refractivity contribution in [3.05, 3.63) is 46.4 Å². The Morgan fingerprint density at radius 1 is 1.36 bits per heavy atom. The van der Waals surface area contributed by atoms with Gasteiger partial charge in [0.25, 0.3) is 5.56 Å². The molecule has 7 nitrogen and oxygen atoms in total. The lowest BCUT2D eigenvalue weighted by atomic mass is 10.0. The number of aromatic amines is 1. The molecule has 0 spiro atoms. The maximum Gasteiger partial charge on any atom is 0.251 e. The Balaban J connectivity index is 1.52. The molecule has 1 unspecified atom stereocenters. The molecule has 0 amide bonds. The second kappa shape index (κ2) is 7.93. The third kappa shape index (κ3) is 4.55. The van der Waals surface area contributed by atoms with E-state index >= 15 is 0 Å². The lowest BCUT2D eigenvalue weighted by Gasteiger charge is -2.39. The molecule has 1 aliphatic rings. The fourth-order valence-electron chi connectivity index (χ4n) is 3.54. The zero-order chi connectivity index (χ0) is 17.8. The quantitative estimate of drug-likeness (QED) is 0.858. The average molecular weight is 344 g/mol. The van der Waals surface area contributed by atoms with Gasteiger partial charge in [-0.25, -0.2) is 4.98 Å². The maximum absolute atomic E-state index is 11.7. The van der Waals surface area contributed by atoms with Crippen molar-refractivity contribution in [1.82, 2.24) is 29.5 Å². The van der Waals surface area contributed by atoms with E-state index in [2.05, 4.69) is 38.8 Å². The minimum atomic E-state index is -0.0730. The van der Waals surface area contributed by atoms with Gasteiger partial charge in [0.15, 0.2) is 0 Å². The van der Waals surface area contributed by atoms with Gasteiger partial charge in [-0.1, -0.05) is 0 Å². The number of piperidine rings is 1. The molecule has 1 atom stereocenters. The van der Waals surface area contributed by atoms with Crippen molar-refractivity contribution in [2.75, 3.05) is 26.7 Å². The third-order valence-corrected chi connectivity index (χ3v) is 5.23. The van der Waals surface area contributed by atoms with E-state index < -0.39 is 0 Å². The lowest BCUT2D eigenvalue weighted by Crippen LogP contribution is -2.45. The fraction of sp³-hybridized carbons (Fsp3) is 0.611. The second-order valence-electron chi connectivity index (χ2n) is 6.96. The summed E-state index contributed by atoms with van der Waals surface area (Å²) in [6.45, 7) is 8.16. The first-order valence-corrected chi connectivity index (χ1v) is 9.02. The van der Waals surface area contributed by atoms with E-state index in [1.807, 2.05) is 30.1 Å². The Labute approximate surface area is 148 Å². The Morgan fingerprint density at radius 3 is 2.76 bits per heavy atom. The van der Waals surface area contributed by atoms with Crippen molar-refractivity contribution in [3.8, 4) is 0 Å². The van der Waals surface area contributed by atoms with E-state index in [1.165, 1.54) is 6.07 Å². The molecule has 1 fully saturated rings. The van der Waals surface area contributed by atoms with Crippen LogP contribution in [0, 0.1) is 6.92 Å². The second-order valence-corrected chi connectivity index (χ2v) is 6.96. The van der Waals surface area contributed by atoms with Crippen LogP contribution in [0.4, 0.5) is 0 Å². The molecule has 25 heavy (non-hydrogen) atoms. The summed E-state index contributed by atoms with van der Waals surface area (Å²) in [5, 5.41) is 4.26. The highest BCUT2D eigenvalue weighted by Crippen LogP contribution is 2.23. The molecule has 1 N–H and O–H groups in total. The topological polar surface area (TPSA) is 70.1 Å². The Hall–Kier alpha value is -1.99. The molecule has 3 heterocycles. The van der Waals surface area contributed by atoms with Crippen LogP contribution in [-0.4, -0.2) is 62.3 Å². The summed E-state index contributed by atoms with van der Waals surface area (Å²) in [4.78, 5) is 23.9. The van der Waals surface area contributed by atoms with Gasteiger partial charge in [-0.05, 0) is 52.9 Å². The molecule has 0 aliphatic carbocycles. The minimum absolute atomic E-state index is 0.0730. The largest absolute Gasteiger partial charge is 0.309 e. The maximum atomic E-state index is 11.7. The molecule has 3 rings (SSSR count). The summed E-state index contributed by atoms with van der Waals surface area (Å²) >= 11 is 0. The molecule has 7 heteroatoms. The van der Waals surface area contributed by atoms with Crippen LogP contribution in [0.25, 0.3) is 0 Å². The number of likely N-dealkylation sites (tertiary alicyclic amines) is 1. The number of nitrogens with one attached hydrogen (secondary N) is 1. The van der Waals surface area contributed by atoms with Crippen molar-refractivity contribution in [3.63, 3.8) is 0 Å². The summed E-state index contributed by atoms with van der Waals surface area (Å²) in [5.41, 5.74) is 0.698. The number of hydrogen-bond donors (Lipinski definition) is 1. The van der Waals surface area contributed by atoms with Crippen molar-refractivity contribution in [2.45, 2.75) is 45.3 Å². The highest BCUT2D eigenvalue weighted by atomic mass is 16.1. The summed E-state index contributed by atoms with van der Waals surface area (Å²) in [7, 11) is 2.14. The van der Waals surface area contributed by atoms with Gasteiger partial charge in [0, 0.05) is 36.7 Å². The molecule has 1 aliphatic heterocycles. The van der Waals surface area contributed by atoms with Crippen LogP contribution in [0.5, 0.6) is 0 Å². The number of rotatable bonds is 6. The Kier molecular flexibility index (Phi) is 5.65. The number of aryl methyl sites for hydroxylation is 1. The Morgan fingerprint density at radius 2 is 2.12 bits per heavy atom. The third-order valence-electron chi connectivity index (χ3n) is 5.23. The first kappa shape index (κ1) is 17.8. The number of hydrogen-bond acceptors (Lipinski definition) is 5. The van der Waals surface area contributed by atoms with Gasteiger partial charge in [0.1, 0.15) is 5.82 Å². The smallest absolute Gasteiger partial charge is 0.251 e. The SMILES string of the molecule is Cc1cc(=O)[nH]c(C(C)N(C)C2CCN(CCn3cccn3)CC2)n1. The molecular formula is C18H28N6O. The van der Waals surface area contributed by atoms with Crippen molar-refractivity contribution >= 4 is 0 Å². The summed E-state index contributed by atoms with van der Waals surface area (Å²) in [6, 6.07) is 4.12. The van der Waals surface area contributed by atoms with Gasteiger partial charge in [-0.15, -0.1) is 0 Å². The standard InChI is InChI=1S/C18H28N6O/c1-14-13-17(25)21-18(20-14)15(2)22(3)16-5-9-23(10-6-16)11-12-24-8-4-7-19-24/h4,7-8,13,15-16H,5-6,9-12H2,1-3H3,(H,20,21,25). The van der Waals surface area contributed by atoms with Gasteiger partial charge in [-0.2, -0.15) is 5.10 Å². The first-order chi connectivity index (χ1) is 12.0. The van der Waals surface area contributed by atoms with Crippen LogP contribution in [0.2, 0.25) is 0 Å². The number of H-pyrrole nitrogens is 1. The van der Waals surface area contributed by atoms with E-state index in [0.29, 0.717) is 6.04 Å². The van der Waals surface area contributed by atoms with Crippen LogP contribution in [0.1, 0.15) is 37.3 Å². The van der Waals surface area contributed by atoms with E-state index in [-0.39, 0.29) is 11.6 Å². The molecule has 0 saturated carbocycles. The van der Waals surface area contributed by atoms with Crippen molar-refractivity contribution < 1.29 is 0 Å². The molecule has 2 aromatic rings. The molecule has 136 valence electrons. The normalized spacial score (nSPS) is 17.9. The van der Waals surface area contributed by atoms with Crippen LogP contribution in [0.15, 0.2) is 29.3 Å². The zero-order valence-electron chi connectivity index (χ0n) is 15.4. The fourth-order valence-corrected chi connectivity index (χ4v) is 3.54. The van der Waals surface area contributed by atoms with Crippen LogP contribution in [-0.2, 0) is 6.54 Å². The van der Waals surface area contributed by atoms with Gasteiger partial charge < -0.3 is 9.88 Å². The molecule has 0 bridgehead atoms. The van der Waals surface area contributed by atoms with Crippen LogP contribution >= 0.6 is 0 Å². The molecule has 0 aromatic carbocycles. The monoisotopic (exact) mass is 344 g/mol. The van der Waals surface area contributed by atoms with Crippen molar-refractivity contribution in [1.29, 1.82) is 0 Å². The van der Waals surface area contributed by atoms with Gasteiger partial charge >= 0.3 is 0 Å². The van der Waals surface area contributed by atoms with Crippen LogP contribution in [0.3, 0.4) is 0 Å². The van der Waals surface area contributed by atoms with E-state index in [1.54, 1.807) is 0 Å². The summed E-state index contributed by atoms with van der Waals surface area (Å²) < 4.78 is 1.99. The molecular weight excluding hydrogens is 316 g/mol. The summed E-state index contributed by atoms with van der Waals surface area (Å²) in [6.07, 6.45) is 6.11. The van der Waals surface area contributed by atoms with E-state index in [9.17, 15) is 4.79 Å². The highest BCUT2D eigenvalue weighted by Gasteiger charge is 2.26. The molecule has 0 radical (unpaired) electrons. The van der Waals surface area contributed by atoms with E-state index in [4.69, 9.17) is 0 Å². The van der Waals surface area contributed by atoms with Gasteiger partial charge in [0.05, 0.1) is 12.6 Å². The van der Waals surface area contributed by atoms with Gasteiger partial charge in [-0.3, -0.25) is 14.4 Å². The highest BCUT2D eigenvalue weighted by molar-refractivity contribution is 5.03.